The number of benzene rings is 6. The van der Waals surface area contributed by atoms with E-state index in [0.29, 0.717) is 0 Å². The van der Waals surface area contributed by atoms with Crippen LogP contribution in [0.3, 0.4) is 0 Å². The maximum atomic E-state index is 4.96. The van der Waals surface area contributed by atoms with Gasteiger partial charge in [-0.05, 0) is 81.1 Å². The van der Waals surface area contributed by atoms with Gasteiger partial charge in [-0.15, -0.1) is 0 Å². The van der Waals surface area contributed by atoms with E-state index in [2.05, 4.69) is 135 Å². The third-order valence-corrected chi connectivity index (χ3v) is 9.06. The van der Waals surface area contributed by atoms with Crippen LogP contribution < -0.4 is 0 Å². The lowest BCUT2D eigenvalue weighted by atomic mass is 9.93. The number of nitrogens with zero attached hydrogens (tertiary/aromatic N) is 1. The summed E-state index contributed by atoms with van der Waals surface area (Å²) in [6, 6.07) is 43.7. The van der Waals surface area contributed by atoms with E-state index in [-0.39, 0.29) is 0 Å². The minimum absolute atomic E-state index is 0.985. The summed E-state index contributed by atoms with van der Waals surface area (Å²) in [5.74, 6) is 0. The Morgan fingerprint density at radius 3 is 1.74 bits per heavy atom. The summed E-state index contributed by atoms with van der Waals surface area (Å²) in [7, 11) is 0. The fraction of sp³-hybridized carbons (Fsp3) is 0.0541. The second-order valence-electron chi connectivity index (χ2n) is 10.1. The number of hydrogen-bond acceptors (Lipinski definition) is 2. The van der Waals surface area contributed by atoms with Crippen molar-refractivity contribution in [3.8, 4) is 22.4 Å². The Balaban J connectivity index is 1.31. The van der Waals surface area contributed by atoms with Crippen molar-refractivity contribution in [2.45, 2.75) is 23.6 Å². The van der Waals surface area contributed by atoms with Gasteiger partial charge in [-0.1, -0.05) is 115 Å². The molecule has 39 heavy (non-hydrogen) atoms. The van der Waals surface area contributed by atoms with Crippen molar-refractivity contribution in [3.63, 3.8) is 0 Å². The van der Waals surface area contributed by atoms with Gasteiger partial charge in [-0.2, -0.15) is 0 Å². The summed E-state index contributed by atoms with van der Waals surface area (Å²) in [5.41, 5.74) is 7.04. The number of pyridine rings is 1. The molecule has 7 rings (SSSR count). The maximum absolute atomic E-state index is 4.96. The summed E-state index contributed by atoms with van der Waals surface area (Å²) in [5, 5.41) is 7.71. The largest absolute Gasteiger partial charge is 0.256 e. The molecule has 6 aromatic carbocycles. The summed E-state index contributed by atoms with van der Waals surface area (Å²) < 4.78 is 0. The molecule has 0 radical (unpaired) electrons. The smallest absolute Gasteiger partial charge is 0.0702 e. The van der Waals surface area contributed by atoms with E-state index < -0.39 is 0 Å². The Bertz CT molecular complexity index is 1970. The first-order valence-electron chi connectivity index (χ1n) is 13.3. The van der Waals surface area contributed by atoms with Crippen LogP contribution in [0.15, 0.2) is 137 Å². The van der Waals surface area contributed by atoms with Gasteiger partial charge >= 0.3 is 0 Å². The summed E-state index contributed by atoms with van der Waals surface area (Å²) in [6.45, 7) is 4.36. The lowest BCUT2D eigenvalue weighted by Crippen LogP contribution is -1.90. The Labute approximate surface area is 233 Å². The molecule has 0 amide bonds. The van der Waals surface area contributed by atoms with Crippen molar-refractivity contribution in [2.75, 3.05) is 0 Å². The highest BCUT2D eigenvalue weighted by molar-refractivity contribution is 7.99. The number of hydrogen-bond donors (Lipinski definition) is 0. The van der Waals surface area contributed by atoms with Gasteiger partial charge < -0.3 is 0 Å². The molecule has 0 N–H and O–H groups in total. The molecule has 1 nitrogen and oxygen atoms in total. The highest BCUT2D eigenvalue weighted by Crippen LogP contribution is 2.40. The van der Waals surface area contributed by atoms with Gasteiger partial charge in [0.2, 0.25) is 0 Å². The molecule has 0 bridgehead atoms. The molecule has 0 saturated carbocycles. The van der Waals surface area contributed by atoms with Crippen LogP contribution in [0.2, 0.25) is 0 Å². The van der Waals surface area contributed by atoms with E-state index in [4.69, 9.17) is 4.98 Å². The van der Waals surface area contributed by atoms with Gasteiger partial charge in [0.05, 0.1) is 5.69 Å². The molecular formula is C37H27NS. The number of aryl methyl sites for hydroxylation is 2. The molecule has 0 saturated heterocycles. The van der Waals surface area contributed by atoms with Crippen molar-refractivity contribution in [1.29, 1.82) is 0 Å². The monoisotopic (exact) mass is 517 g/mol. The fourth-order valence-electron chi connectivity index (χ4n) is 5.59. The molecule has 0 aliphatic rings. The SMILES string of the molecule is Cc1ccccc1Sc1c(C)cccc1-c1ccc(-c2ccc3c4ccccc4c4ccccc4c3c2)nc1. The first-order chi connectivity index (χ1) is 19.2. The average molecular weight is 518 g/mol. The number of aromatic nitrogens is 1. The van der Waals surface area contributed by atoms with Gasteiger partial charge in [-0.25, -0.2) is 0 Å². The lowest BCUT2D eigenvalue weighted by Gasteiger charge is -2.14. The van der Waals surface area contributed by atoms with E-state index in [9.17, 15) is 0 Å². The average Bonchev–Trinajstić information content (AvgIpc) is 2.99. The summed E-state index contributed by atoms with van der Waals surface area (Å²) in [4.78, 5) is 7.53. The van der Waals surface area contributed by atoms with Crippen LogP contribution >= 0.6 is 11.8 Å². The second-order valence-corrected chi connectivity index (χ2v) is 11.2. The topological polar surface area (TPSA) is 12.9 Å². The van der Waals surface area contributed by atoms with Gasteiger partial charge in [0.15, 0.2) is 0 Å². The van der Waals surface area contributed by atoms with Gasteiger partial charge in [0.1, 0.15) is 0 Å². The van der Waals surface area contributed by atoms with Crippen LogP contribution in [0.1, 0.15) is 11.1 Å². The van der Waals surface area contributed by atoms with Crippen molar-refractivity contribution < 1.29 is 0 Å². The first kappa shape index (κ1) is 23.7. The molecular weight excluding hydrogens is 490 g/mol. The van der Waals surface area contributed by atoms with Gasteiger partial charge in [0.25, 0.3) is 0 Å². The highest BCUT2D eigenvalue weighted by atomic mass is 32.2. The minimum Gasteiger partial charge on any atom is -0.256 e. The standard InChI is InChI=1S/C37H27NS/c1-24-10-3-8-17-36(24)39-37-25(2)11-9-16-28(37)27-19-21-35(38-23-27)26-18-20-33-31-14-5-4-12-29(31)30-13-6-7-15-32(30)34(33)22-26/h3-23H,1-2H3. The van der Waals surface area contributed by atoms with Crippen molar-refractivity contribution in [2.24, 2.45) is 0 Å². The number of fused-ring (bicyclic) bond motifs is 6. The normalized spacial score (nSPS) is 11.4. The van der Waals surface area contributed by atoms with E-state index in [0.717, 1.165) is 16.8 Å². The zero-order valence-electron chi connectivity index (χ0n) is 22.0. The van der Waals surface area contributed by atoms with E-state index in [1.807, 2.05) is 18.0 Å². The van der Waals surface area contributed by atoms with Gasteiger partial charge in [0, 0.05) is 27.1 Å². The molecule has 0 spiro atoms. The summed E-state index contributed by atoms with van der Waals surface area (Å²) >= 11 is 1.84. The molecule has 0 atom stereocenters. The van der Waals surface area contributed by atoms with E-state index >= 15 is 0 Å². The lowest BCUT2D eigenvalue weighted by molar-refractivity contribution is 1.25. The highest BCUT2D eigenvalue weighted by Gasteiger charge is 2.13. The third kappa shape index (κ3) is 4.18. The van der Waals surface area contributed by atoms with E-state index in [1.54, 1.807) is 0 Å². The fourth-order valence-corrected chi connectivity index (χ4v) is 6.71. The van der Waals surface area contributed by atoms with Crippen LogP contribution in [0, 0.1) is 13.8 Å². The van der Waals surface area contributed by atoms with Crippen molar-refractivity contribution >= 4 is 44.1 Å². The zero-order chi connectivity index (χ0) is 26.3. The molecule has 1 aromatic heterocycles. The van der Waals surface area contributed by atoms with Crippen LogP contribution in [0.5, 0.6) is 0 Å². The molecule has 2 heteroatoms. The third-order valence-electron chi connectivity index (χ3n) is 7.63. The van der Waals surface area contributed by atoms with Crippen LogP contribution in [-0.2, 0) is 0 Å². The van der Waals surface area contributed by atoms with Crippen molar-refractivity contribution in [1.82, 2.24) is 4.98 Å². The van der Waals surface area contributed by atoms with Crippen LogP contribution in [-0.4, -0.2) is 4.98 Å². The predicted molar refractivity (Wildman–Crippen MR) is 168 cm³/mol. The molecule has 0 fully saturated rings. The Hall–Kier alpha value is -4.40. The molecule has 7 aromatic rings. The minimum atomic E-state index is 0.985. The van der Waals surface area contributed by atoms with E-state index in [1.165, 1.54) is 58.8 Å². The van der Waals surface area contributed by atoms with Crippen LogP contribution in [0.4, 0.5) is 0 Å². The van der Waals surface area contributed by atoms with Crippen molar-refractivity contribution in [3.05, 3.63) is 139 Å². The Morgan fingerprint density at radius 2 is 1.08 bits per heavy atom. The maximum Gasteiger partial charge on any atom is 0.0702 e. The van der Waals surface area contributed by atoms with Gasteiger partial charge in [-0.3, -0.25) is 4.98 Å². The quantitative estimate of drug-likeness (QED) is 0.215. The molecule has 0 unspecified atom stereocenters. The molecule has 0 aliphatic carbocycles. The summed E-state index contributed by atoms with van der Waals surface area (Å²) in [6.07, 6.45) is 2.02. The molecule has 186 valence electrons. The second kappa shape index (κ2) is 9.72. The molecule has 1 heterocycles. The first-order valence-corrected chi connectivity index (χ1v) is 14.1. The predicted octanol–water partition coefficient (Wildman–Crippen LogP) is 10.6. The molecule has 0 aliphatic heterocycles. The Kier molecular flexibility index (Phi) is 5.91. The van der Waals surface area contributed by atoms with Crippen LogP contribution in [0.25, 0.3) is 54.7 Å². The zero-order valence-corrected chi connectivity index (χ0v) is 22.8. The Morgan fingerprint density at radius 1 is 0.487 bits per heavy atom. The number of rotatable bonds is 4.